The Morgan fingerprint density at radius 3 is 1.28 bits per heavy atom. The van der Waals surface area contributed by atoms with Crippen molar-refractivity contribution in [3.05, 3.63) is 0 Å². The smallest absolute Gasteiger partial charge is 0.0146 e. The van der Waals surface area contributed by atoms with Gasteiger partial charge in [0.25, 0.3) is 0 Å². The van der Waals surface area contributed by atoms with E-state index < -0.39 is 0 Å². The van der Waals surface area contributed by atoms with Crippen molar-refractivity contribution < 1.29 is 0 Å². The van der Waals surface area contributed by atoms with Crippen molar-refractivity contribution in [2.24, 2.45) is 23.0 Å². The number of rotatable bonds is 7. The molecule has 0 spiro atoms. The third kappa shape index (κ3) is 3.27. The summed E-state index contributed by atoms with van der Waals surface area (Å²) >= 11 is 0. The average molecular weight is 256 g/mol. The van der Waals surface area contributed by atoms with E-state index in [1.807, 2.05) is 0 Å². The van der Waals surface area contributed by atoms with Gasteiger partial charge < -0.3 is 5.73 Å². The largest absolute Gasteiger partial charge is 0.330 e. The Labute approximate surface area is 115 Å². The lowest BCUT2D eigenvalue weighted by Gasteiger charge is -2.52. The van der Waals surface area contributed by atoms with Gasteiger partial charge in [-0.15, -0.1) is 0 Å². The van der Waals surface area contributed by atoms with E-state index in [0.29, 0.717) is 30.0 Å². The van der Waals surface area contributed by atoms with E-state index in [2.05, 4.69) is 67.2 Å². The van der Waals surface area contributed by atoms with Gasteiger partial charge in [-0.1, -0.05) is 27.7 Å². The Bertz CT molecular complexity index is 215. The topological polar surface area (TPSA) is 29.3 Å². The molecule has 110 valence electrons. The quantitative estimate of drug-likeness (QED) is 0.751. The number of hydrogen-bond acceptors (Lipinski definition) is 2. The summed E-state index contributed by atoms with van der Waals surface area (Å²) in [5.41, 5.74) is 6.41. The van der Waals surface area contributed by atoms with Gasteiger partial charge in [0.1, 0.15) is 0 Å². The lowest BCUT2D eigenvalue weighted by atomic mass is 9.63. The maximum atomic E-state index is 6.22. The molecular formula is C16H36N2. The van der Waals surface area contributed by atoms with Crippen LogP contribution in [0.15, 0.2) is 0 Å². The molecule has 0 fully saturated rings. The summed E-state index contributed by atoms with van der Waals surface area (Å²) in [6.07, 6.45) is 0. The molecule has 0 radical (unpaired) electrons. The fourth-order valence-corrected chi connectivity index (χ4v) is 4.04. The van der Waals surface area contributed by atoms with Crippen LogP contribution in [0, 0.1) is 17.3 Å². The second-order valence-electron chi connectivity index (χ2n) is 6.94. The highest BCUT2D eigenvalue weighted by atomic mass is 15.2. The van der Waals surface area contributed by atoms with Gasteiger partial charge in [-0.25, -0.2) is 0 Å². The zero-order chi connectivity index (χ0) is 14.7. The SMILES string of the molecule is CC(C)N(C(C)C)C(C)C(CN)(C(C)C)C(C)C. The van der Waals surface area contributed by atoms with Crippen molar-refractivity contribution in [1.29, 1.82) is 0 Å². The van der Waals surface area contributed by atoms with Gasteiger partial charge in [-0.2, -0.15) is 0 Å². The van der Waals surface area contributed by atoms with Gasteiger partial charge in [0.2, 0.25) is 0 Å². The predicted octanol–water partition coefficient (Wildman–Crippen LogP) is 3.75. The first-order chi connectivity index (χ1) is 8.12. The first-order valence-electron chi connectivity index (χ1n) is 7.60. The Kier molecular flexibility index (Phi) is 6.87. The number of hydrogen-bond donors (Lipinski definition) is 1. The second kappa shape index (κ2) is 6.91. The van der Waals surface area contributed by atoms with E-state index >= 15 is 0 Å². The third-order valence-corrected chi connectivity index (χ3v) is 4.92. The molecule has 0 aliphatic carbocycles. The fraction of sp³-hybridized carbons (Fsp3) is 1.00. The lowest BCUT2D eigenvalue weighted by molar-refractivity contribution is -0.0272. The van der Waals surface area contributed by atoms with E-state index in [-0.39, 0.29) is 5.41 Å². The van der Waals surface area contributed by atoms with Crippen molar-refractivity contribution in [3.63, 3.8) is 0 Å². The zero-order valence-corrected chi connectivity index (χ0v) is 14.1. The molecule has 2 N–H and O–H groups in total. The van der Waals surface area contributed by atoms with Crippen LogP contribution in [0.1, 0.15) is 62.3 Å². The summed E-state index contributed by atoms with van der Waals surface area (Å²) in [7, 11) is 0. The van der Waals surface area contributed by atoms with Crippen LogP contribution < -0.4 is 5.73 Å². The van der Waals surface area contributed by atoms with E-state index in [1.165, 1.54) is 0 Å². The van der Waals surface area contributed by atoms with Crippen molar-refractivity contribution in [2.75, 3.05) is 6.54 Å². The summed E-state index contributed by atoms with van der Waals surface area (Å²) in [6.45, 7) is 21.6. The minimum atomic E-state index is 0.189. The Morgan fingerprint density at radius 1 is 0.778 bits per heavy atom. The van der Waals surface area contributed by atoms with Crippen LogP contribution in [0.5, 0.6) is 0 Å². The third-order valence-electron chi connectivity index (χ3n) is 4.92. The van der Waals surface area contributed by atoms with E-state index in [9.17, 15) is 0 Å². The normalized spacial score (nSPS) is 15.5. The Balaban J connectivity index is 5.48. The maximum Gasteiger partial charge on any atom is 0.0146 e. The molecule has 0 saturated carbocycles. The van der Waals surface area contributed by atoms with Crippen molar-refractivity contribution in [2.45, 2.75) is 80.4 Å². The molecule has 0 aromatic rings. The van der Waals surface area contributed by atoms with Gasteiger partial charge in [-0.3, -0.25) is 4.90 Å². The molecule has 0 amide bonds. The highest BCUT2D eigenvalue weighted by molar-refractivity contribution is 4.97. The van der Waals surface area contributed by atoms with Crippen LogP contribution in [-0.4, -0.2) is 29.6 Å². The van der Waals surface area contributed by atoms with E-state index in [0.717, 1.165) is 6.54 Å². The molecule has 1 unspecified atom stereocenters. The highest BCUT2D eigenvalue weighted by Gasteiger charge is 2.44. The number of nitrogens with two attached hydrogens (primary N) is 1. The molecular weight excluding hydrogens is 220 g/mol. The second-order valence-corrected chi connectivity index (χ2v) is 6.94. The number of nitrogens with zero attached hydrogens (tertiary/aromatic N) is 1. The fourth-order valence-electron chi connectivity index (χ4n) is 4.04. The van der Waals surface area contributed by atoms with Gasteiger partial charge in [0.05, 0.1) is 0 Å². The minimum Gasteiger partial charge on any atom is -0.330 e. The van der Waals surface area contributed by atoms with Crippen molar-refractivity contribution in [1.82, 2.24) is 4.90 Å². The molecule has 2 heteroatoms. The van der Waals surface area contributed by atoms with Crippen LogP contribution in [0.4, 0.5) is 0 Å². The van der Waals surface area contributed by atoms with Crippen LogP contribution in [0.2, 0.25) is 0 Å². The van der Waals surface area contributed by atoms with Gasteiger partial charge in [0, 0.05) is 23.5 Å². The summed E-state index contributed by atoms with van der Waals surface area (Å²) < 4.78 is 0. The van der Waals surface area contributed by atoms with Crippen LogP contribution in [0.3, 0.4) is 0 Å². The summed E-state index contributed by atoms with van der Waals surface area (Å²) in [5.74, 6) is 1.19. The molecule has 0 aromatic carbocycles. The van der Waals surface area contributed by atoms with E-state index in [4.69, 9.17) is 5.73 Å². The molecule has 0 rings (SSSR count). The monoisotopic (exact) mass is 256 g/mol. The molecule has 0 heterocycles. The van der Waals surface area contributed by atoms with Crippen LogP contribution in [-0.2, 0) is 0 Å². The molecule has 18 heavy (non-hydrogen) atoms. The molecule has 2 nitrogen and oxygen atoms in total. The van der Waals surface area contributed by atoms with Crippen molar-refractivity contribution in [3.8, 4) is 0 Å². The predicted molar refractivity (Wildman–Crippen MR) is 82.7 cm³/mol. The molecule has 1 atom stereocenters. The van der Waals surface area contributed by atoms with Gasteiger partial charge in [-0.05, 0) is 53.0 Å². The molecule has 0 aliphatic heterocycles. The maximum absolute atomic E-state index is 6.22. The summed E-state index contributed by atoms with van der Waals surface area (Å²) in [4.78, 5) is 2.62. The first kappa shape index (κ1) is 17.9. The lowest BCUT2D eigenvalue weighted by Crippen LogP contribution is -2.59. The molecule has 0 bridgehead atoms. The highest BCUT2D eigenvalue weighted by Crippen LogP contribution is 2.41. The van der Waals surface area contributed by atoms with E-state index in [1.54, 1.807) is 0 Å². The standard InChI is InChI=1S/C16H36N2/c1-11(2)16(10-17,12(3)4)15(9)18(13(5)6)14(7)8/h11-15H,10,17H2,1-9H3. The van der Waals surface area contributed by atoms with Gasteiger partial charge in [0.15, 0.2) is 0 Å². The molecule has 0 aliphatic rings. The Hall–Kier alpha value is -0.0800. The average Bonchev–Trinajstić information content (AvgIpc) is 2.16. The zero-order valence-electron chi connectivity index (χ0n) is 14.1. The van der Waals surface area contributed by atoms with Crippen LogP contribution in [0.25, 0.3) is 0 Å². The molecule has 0 aromatic heterocycles. The van der Waals surface area contributed by atoms with Crippen molar-refractivity contribution >= 4 is 0 Å². The minimum absolute atomic E-state index is 0.189. The Morgan fingerprint density at radius 2 is 1.11 bits per heavy atom. The van der Waals surface area contributed by atoms with Crippen LogP contribution >= 0.6 is 0 Å². The molecule has 0 saturated heterocycles. The van der Waals surface area contributed by atoms with Gasteiger partial charge >= 0.3 is 0 Å². The summed E-state index contributed by atoms with van der Waals surface area (Å²) in [5, 5.41) is 0. The first-order valence-corrected chi connectivity index (χ1v) is 7.60. The summed E-state index contributed by atoms with van der Waals surface area (Å²) in [6, 6.07) is 1.62.